The summed E-state index contributed by atoms with van der Waals surface area (Å²) >= 11 is 0. The first-order valence-corrected chi connectivity index (χ1v) is 10.7. The van der Waals surface area contributed by atoms with Crippen LogP contribution in [-0.2, 0) is 27.2 Å². The summed E-state index contributed by atoms with van der Waals surface area (Å²) in [4.78, 5) is 44.9. The van der Waals surface area contributed by atoms with Gasteiger partial charge in [-0.1, -0.05) is 30.3 Å². The minimum absolute atomic E-state index is 0.212. The van der Waals surface area contributed by atoms with Gasteiger partial charge in [-0.2, -0.15) is 0 Å². The number of hydrogen-bond donors (Lipinski definition) is 1. The van der Waals surface area contributed by atoms with Crippen LogP contribution in [0.5, 0.6) is 0 Å². The quantitative estimate of drug-likeness (QED) is 0.600. The van der Waals surface area contributed by atoms with E-state index in [0.717, 1.165) is 29.7 Å². The Hall–Kier alpha value is -3.78. The molecular formula is C25H25N3O5. The number of ether oxygens (including phenoxy) is 2. The molecule has 33 heavy (non-hydrogen) atoms. The zero-order valence-electron chi connectivity index (χ0n) is 18.8. The van der Waals surface area contributed by atoms with Crippen molar-refractivity contribution in [3.8, 4) is 0 Å². The van der Waals surface area contributed by atoms with Crippen molar-refractivity contribution in [2.75, 3.05) is 26.0 Å². The summed E-state index contributed by atoms with van der Waals surface area (Å²) in [6, 6.07) is 13.9. The van der Waals surface area contributed by atoms with E-state index in [1.165, 1.54) is 14.0 Å². The van der Waals surface area contributed by atoms with Gasteiger partial charge < -0.3 is 19.7 Å². The summed E-state index contributed by atoms with van der Waals surface area (Å²) in [5, 5.41) is 3.35. The van der Waals surface area contributed by atoms with Gasteiger partial charge in [-0.05, 0) is 32.2 Å². The average molecular weight is 447 g/mol. The Bertz CT molecular complexity index is 1240. The zero-order chi connectivity index (χ0) is 23.5. The molecule has 8 heteroatoms. The van der Waals surface area contributed by atoms with Crippen molar-refractivity contribution in [1.82, 2.24) is 9.88 Å². The molecule has 0 aliphatic carbocycles. The molecule has 1 N–H and O–H groups in total. The largest absolute Gasteiger partial charge is 0.465 e. The number of aromatic nitrogens is 1. The molecule has 0 spiro atoms. The van der Waals surface area contributed by atoms with Gasteiger partial charge in [0.2, 0.25) is 0 Å². The van der Waals surface area contributed by atoms with Gasteiger partial charge in [-0.15, -0.1) is 0 Å². The van der Waals surface area contributed by atoms with Crippen LogP contribution in [0.4, 0.5) is 5.69 Å². The zero-order valence-corrected chi connectivity index (χ0v) is 18.8. The number of benzene rings is 2. The SMILES string of the molecule is COC(=O)c1ccccc1NC(=O)C(C)OC(=O)c1c2c(nc3ccccc13)CCN(C)C2. The summed E-state index contributed by atoms with van der Waals surface area (Å²) in [7, 11) is 3.25. The van der Waals surface area contributed by atoms with Crippen LogP contribution in [0.1, 0.15) is 38.9 Å². The van der Waals surface area contributed by atoms with Crippen molar-refractivity contribution in [2.24, 2.45) is 0 Å². The molecule has 0 fully saturated rings. The standard InChI is InChI=1S/C25H25N3O5/c1-15(23(29)27-20-11-7-5-9-17(20)24(30)32-3)33-25(31)22-16-8-4-6-10-19(16)26-21-12-13-28(2)14-18(21)22/h4-11,15H,12-14H2,1-3H3,(H,27,29). The van der Waals surface area contributed by atoms with Crippen molar-refractivity contribution in [2.45, 2.75) is 26.0 Å². The Morgan fingerprint density at radius 1 is 1.06 bits per heavy atom. The van der Waals surface area contributed by atoms with E-state index in [-0.39, 0.29) is 11.3 Å². The summed E-state index contributed by atoms with van der Waals surface area (Å²) in [6.45, 7) is 2.92. The van der Waals surface area contributed by atoms with Crippen LogP contribution in [0.2, 0.25) is 0 Å². The second kappa shape index (κ2) is 9.38. The average Bonchev–Trinajstić information content (AvgIpc) is 2.82. The molecule has 2 aromatic carbocycles. The number of nitrogens with one attached hydrogen (secondary N) is 1. The van der Waals surface area contributed by atoms with E-state index < -0.39 is 23.9 Å². The minimum Gasteiger partial charge on any atom is -0.465 e. The molecule has 0 radical (unpaired) electrons. The maximum Gasteiger partial charge on any atom is 0.339 e. The topological polar surface area (TPSA) is 97.8 Å². The van der Waals surface area contributed by atoms with Crippen LogP contribution >= 0.6 is 0 Å². The lowest BCUT2D eigenvalue weighted by atomic mass is 9.96. The molecule has 1 amide bonds. The van der Waals surface area contributed by atoms with Crippen LogP contribution in [-0.4, -0.2) is 54.5 Å². The van der Waals surface area contributed by atoms with E-state index in [0.29, 0.717) is 17.5 Å². The van der Waals surface area contributed by atoms with Gasteiger partial charge in [0.25, 0.3) is 5.91 Å². The highest BCUT2D eigenvalue weighted by molar-refractivity contribution is 6.07. The van der Waals surface area contributed by atoms with Crippen molar-refractivity contribution in [3.05, 3.63) is 70.9 Å². The van der Waals surface area contributed by atoms with Gasteiger partial charge in [0, 0.05) is 36.2 Å². The number of fused-ring (bicyclic) bond motifs is 2. The van der Waals surface area contributed by atoms with Crippen molar-refractivity contribution in [3.63, 3.8) is 0 Å². The molecule has 0 bridgehead atoms. The third-order valence-corrected chi connectivity index (χ3v) is 5.68. The van der Waals surface area contributed by atoms with Crippen LogP contribution in [0.25, 0.3) is 10.9 Å². The first kappa shape index (κ1) is 22.4. The number of anilines is 1. The number of amides is 1. The van der Waals surface area contributed by atoms with E-state index >= 15 is 0 Å². The molecule has 4 rings (SSSR count). The lowest BCUT2D eigenvalue weighted by Crippen LogP contribution is -2.33. The summed E-state index contributed by atoms with van der Waals surface area (Å²) in [6.07, 6.45) is -0.357. The second-order valence-electron chi connectivity index (χ2n) is 7.99. The maximum atomic E-state index is 13.3. The molecule has 1 aliphatic heterocycles. The fraction of sp³-hybridized carbons (Fsp3) is 0.280. The van der Waals surface area contributed by atoms with Crippen molar-refractivity contribution >= 4 is 34.4 Å². The van der Waals surface area contributed by atoms with Gasteiger partial charge >= 0.3 is 11.9 Å². The van der Waals surface area contributed by atoms with E-state index in [1.54, 1.807) is 24.3 Å². The van der Waals surface area contributed by atoms with E-state index in [2.05, 4.69) is 10.2 Å². The fourth-order valence-corrected chi connectivity index (χ4v) is 3.95. The second-order valence-corrected chi connectivity index (χ2v) is 7.99. The molecular weight excluding hydrogens is 422 g/mol. The van der Waals surface area contributed by atoms with E-state index in [4.69, 9.17) is 14.5 Å². The van der Waals surface area contributed by atoms with Crippen LogP contribution in [0, 0.1) is 0 Å². The fourth-order valence-electron chi connectivity index (χ4n) is 3.95. The first-order valence-electron chi connectivity index (χ1n) is 10.7. The lowest BCUT2D eigenvalue weighted by molar-refractivity contribution is -0.123. The summed E-state index contributed by atoms with van der Waals surface area (Å²) < 4.78 is 10.4. The number of rotatable bonds is 5. The Kier molecular flexibility index (Phi) is 6.37. The molecule has 3 aromatic rings. The van der Waals surface area contributed by atoms with Crippen LogP contribution in [0.15, 0.2) is 48.5 Å². The highest BCUT2D eigenvalue weighted by Crippen LogP contribution is 2.28. The lowest BCUT2D eigenvalue weighted by Gasteiger charge is -2.27. The number of carbonyl (C=O) groups excluding carboxylic acids is 3. The van der Waals surface area contributed by atoms with Gasteiger partial charge in [0.15, 0.2) is 6.10 Å². The molecule has 1 aromatic heterocycles. The number of hydrogen-bond acceptors (Lipinski definition) is 7. The third kappa shape index (κ3) is 4.56. The number of pyridine rings is 1. The Morgan fingerprint density at radius 3 is 2.58 bits per heavy atom. The Morgan fingerprint density at radius 2 is 1.79 bits per heavy atom. The molecule has 1 unspecified atom stereocenters. The first-order chi connectivity index (χ1) is 15.9. The predicted octanol–water partition coefficient (Wildman–Crippen LogP) is 3.19. The number of likely N-dealkylation sites (N-methyl/N-ethyl adjacent to an activating group) is 1. The molecule has 1 atom stereocenters. The molecule has 2 heterocycles. The van der Waals surface area contributed by atoms with Crippen LogP contribution in [0.3, 0.4) is 0 Å². The van der Waals surface area contributed by atoms with Gasteiger partial charge in [-0.25, -0.2) is 9.59 Å². The van der Waals surface area contributed by atoms with E-state index in [9.17, 15) is 14.4 Å². The number of methoxy groups -OCH3 is 1. The highest BCUT2D eigenvalue weighted by atomic mass is 16.5. The molecule has 170 valence electrons. The number of esters is 2. The molecule has 8 nitrogen and oxygen atoms in total. The normalized spacial score (nSPS) is 14.3. The number of carbonyl (C=O) groups is 3. The smallest absolute Gasteiger partial charge is 0.339 e. The number of nitrogens with zero attached hydrogens (tertiary/aromatic N) is 2. The summed E-state index contributed by atoms with van der Waals surface area (Å²) in [5.74, 6) is -1.71. The minimum atomic E-state index is -1.09. The van der Waals surface area contributed by atoms with Crippen molar-refractivity contribution < 1.29 is 23.9 Å². The van der Waals surface area contributed by atoms with Crippen LogP contribution < -0.4 is 5.32 Å². The molecule has 1 aliphatic rings. The summed E-state index contributed by atoms with van der Waals surface area (Å²) in [5.41, 5.74) is 3.36. The molecule has 0 saturated heterocycles. The molecule has 0 saturated carbocycles. The number of para-hydroxylation sites is 2. The van der Waals surface area contributed by atoms with Crippen molar-refractivity contribution in [1.29, 1.82) is 0 Å². The third-order valence-electron chi connectivity index (χ3n) is 5.68. The monoisotopic (exact) mass is 447 g/mol. The van der Waals surface area contributed by atoms with Gasteiger partial charge in [-0.3, -0.25) is 9.78 Å². The van der Waals surface area contributed by atoms with Gasteiger partial charge in [0.05, 0.1) is 29.4 Å². The van der Waals surface area contributed by atoms with E-state index in [1.807, 2.05) is 31.3 Å². The Balaban J connectivity index is 1.60. The highest BCUT2D eigenvalue weighted by Gasteiger charge is 2.28. The van der Waals surface area contributed by atoms with Gasteiger partial charge in [0.1, 0.15) is 0 Å². The predicted molar refractivity (Wildman–Crippen MR) is 123 cm³/mol. The maximum absolute atomic E-state index is 13.3. The Labute approximate surface area is 191 Å².